The summed E-state index contributed by atoms with van der Waals surface area (Å²) in [5, 5.41) is 19.0. The Kier molecular flexibility index (Phi) is 12.1. The Labute approximate surface area is 221 Å². The maximum absolute atomic E-state index is 9.67. The number of hydrogen-bond acceptors (Lipinski definition) is 6. The van der Waals surface area contributed by atoms with E-state index in [2.05, 4.69) is 74.3 Å². The molecule has 2 N–H and O–H groups in total. The topological polar surface area (TPSA) is 85.2 Å². The van der Waals surface area contributed by atoms with Crippen LogP contribution in [-0.4, -0.2) is 39.6 Å². The lowest BCUT2D eigenvalue weighted by Crippen LogP contribution is -2.42. The summed E-state index contributed by atoms with van der Waals surface area (Å²) in [6.07, 6.45) is 5.22. The van der Waals surface area contributed by atoms with Crippen molar-refractivity contribution in [3.8, 4) is 0 Å². The molecule has 0 aliphatic carbocycles. The van der Waals surface area contributed by atoms with Crippen molar-refractivity contribution < 1.29 is 27.9 Å². The number of hydrogen-bond donors (Lipinski definition) is 2. The van der Waals surface area contributed by atoms with E-state index in [1.54, 1.807) is 12.5 Å². The summed E-state index contributed by atoms with van der Waals surface area (Å²) in [6, 6.07) is 7.53. The van der Waals surface area contributed by atoms with Gasteiger partial charge in [-0.25, -0.2) is 0 Å². The summed E-state index contributed by atoms with van der Waals surface area (Å²) in [4.78, 5) is 0. The highest BCUT2D eigenvalue weighted by Gasteiger charge is 2.41. The molecule has 0 radical (unpaired) electrons. The first kappa shape index (κ1) is 32.6. The van der Waals surface area contributed by atoms with E-state index in [1.165, 1.54) is 0 Å². The average Bonchev–Trinajstić information content (AvgIpc) is 3.45. The highest BCUT2D eigenvalue weighted by atomic mass is 28.4. The Morgan fingerprint density at radius 1 is 0.861 bits per heavy atom. The molecule has 0 aliphatic rings. The van der Waals surface area contributed by atoms with E-state index in [9.17, 15) is 5.11 Å². The molecule has 0 aromatic carbocycles. The van der Waals surface area contributed by atoms with E-state index in [4.69, 9.17) is 22.8 Å². The molecule has 2 aromatic heterocycles. The van der Waals surface area contributed by atoms with Crippen molar-refractivity contribution in [2.45, 2.75) is 109 Å². The minimum Gasteiger partial charge on any atom is -0.467 e. The molecule has 2 aromatic rings. The molecule has 0 amide bonds. The van der Waals surface area contributed by atoms with Crippen LogP contribution in [0, 0.1) is 0 Å². The molecule has 206 valence electrons. The fraction of sp³-hybridized carbons (Fsp3) is 0.643. The van der Waals surface area contributed by atoms with Gasteiger partial charge in [0.25, 0.3) is 0 Å². The van der Waals surface area contributed by atoms with E-state index < -0.39 is 22.7 Å². The van der Waals surface area contributed by atoms with Crippen LogP contribution in [0.2, 0.25) is 36.3 Å². The van der Waals surface area contributed by atoms with Gasteiger partial charge in [-0.15, -0.1) is 6.58 Å². The molecule has 0 saturated heterocycles. The Hall–Kier alpha value is -1.43. The van der Waals surface area contributed by atoms with Crippen LogP contribution in [0.3, 0.4) is 0 Å². The zero-order valence-electron chi connectivity index (χ0n) is 24.1. The van der Waals surface area contributed by atoms with Gasteiger partial charge in [-0.05, 0) is 67.0 Å². The maximum Gasteiger partial charge on any atom is 0.193 e. The molecular weight excluding hydrogens is 488 g/mol. The molecule has 8 heteroatoms. The first-order chi connectivity index (χ1) is 16.4. The number of aliphatic hydroxyl groups is 2. The summed E-state index contributed by atoms with van der Waals surface area (Å²) < 4.78 is 23.5. The van der Waals surface area contributed by atoms with Crippen molar-refractivity contribution in [3.05, 3.63) is 61.0 Å². The predicted octanol–water partition coefficient (Wildman–Crippen LogP) is 8.00. The Morgan fingerprint density at radius 3 is 1.61 bits per heavy atom. The molecule has 2 rings (SSSR count). The van der Waals surface area contributed by atoms with Crippen LogP contribution >= 0.6 is 0 Å². The smallest absolute Gasteiger partial charge is 0.193 e. The lowest BCUT2D eigenvalue weighted by atomic mass is 10.1. The third-order valence-electron chi connectivity index (χ3n) is 7.28. The summed E-state index contributed by atoms with van der Waals surface area (Å²) in [7, 11) is -3.73. The molecule has 0 bridgehead atoms. The van der Waals surface area contributed by atoms with Gasteiger partial charge in [0.15, 0.2) is 16.6 Å². The molecule has 0 spiro atoms. The number of rotatable bonds is 11. The van der Waals surface area contributed by atoms with Gasteiger partial charge in [0.1, 0.15) is 23.7 Å². The first-order valence-corrected chi connectivity index (χ1v) is 18.6. The predicted molar refractivity (Wildman–Crippen MR) is 152 cm³/mol. The third-order valence-corrected chi connectivity index (χ3v) is 16.3. The van der Waals surface area contributed by atoms with Gasteiger partial charge in [0.05, 0.1) is 25.2 Å². The van der Waals surface area contributed by atoms with Crippen molar-refractivity contribution in [1.29, 1.82) is 0 Å². The SMILES string of the molecule is C=CCC(O[Si](C)(C)C(C)(C)C)c1ccco1.CC(C)(C)[Si](C)(C)OC(CC(O)CO)c1ccco1. The molecule has 0 saturated carbocycles. The largest absolute Gasteiger partial charge is 0.467 e. The van der Waals surface area contributed by atoms with E-state index in [-0.39, 0.29) is 28.9 Å². The normalized spacial score (nSPS) is 15.6. The van der Waals surface area contributed by atoms with Gasteiger partial charge < -0.3 is 27.9 Å². The van der Waals surface area contributed by atoms with E-state index >= 15 is 0 Å². The highest BCUT2D eigenvalue weighted by Crippen LogP contribution is 2.41. The zero-order valence-corrected chi connectivity index (χ0v) is 26.1. The fourth-order valence-electron chi connectivity index (χ4n) is 2.93. The summed E-state index contributed by atoms with van der Waals surface area (Å²) in [5.41, 5.74) is 0. The summed E-state index contributed by atoms with van der Waals surface area (Å²) in [6.45, 7) is 25.6. The monoisotopic (exact) mass is 538 g/mol. The maximum atomic E-state index is 9.67. The van der Waals surface area contributed by atoms with Crippen molar-refractivity contribution in [3.63, 3.8) is 0 Å². The second kappa shape index (κ2) is 13.4. The zero-order chi connectivity index (χ0) is 27.8. The molecule has 0 fully saturated rings. The average molecular weight is 539 g/mol. The quantitative estimate of drug-likeness (QED) is 0.223. The molecular formula is C28H50O6Si2. The van der Waals surface area contributed by atoms with Crippen molar-refractivity contribution in [1.82, 2.24) is 0 Å². The first-order valence-electron chi connectivity index (χ1n) is 12.8. The van der Waals surface area contributed by atoms with Crippen LogP contribution in [-0.2, 0) is 8.85 Å². The molecule has 0 aliphatic heterocycles. The van der Waals surface area contributed by atoms with Crippen LogP contribution in [0.4, 0.5) is 0 Å². The second-order valence-electron chi connectivity index (χ2n) is 12.4. The lowest BCUT2D eigenvalue weighted by molar-refractivity contribution is 0.0380. The van der Waals surface area contributed by atoms with Crippen molar-refractivity contribution >= 4 is 16.6 Å². The van der Waals surface area contributed by atoms with Gasteiger partial charge in [-0.2, -0.15) is 0 Å². The van der Waals surface area contributed by atoms with Crippen molar-refractivity contribution in [2.24, 2.45) is 0 Å². The molecule has 36 heavy (non-hydrogen) atoms. The highest BCUT2D eigenvalue weighted by molar-refractivity contribution is 6.74. The second-order valence-corrected chi connectivity index (χ2v) is 21.9. The van der Waals surface area contributed by atoms with Gasteiger partial charge in [-0.3, -0.25) is 0 Å². The molecule has 2 heterocycles. The lowest BCUT2D eigenvalue weighted by Gasteiger charge is -2.39. The summed E-state index contributed by atoms with van der Waals surface area (Å²) in [5.74, 6) is 1.60. The van der Waals surface area contributed by atoms with E-state index in [1.807, 2.05) is 30.3 Å². The van der Waals surface area contributed by atoms with Gasteiger partial charge in [0, 0.05) is 6.42 Å². The van der Waals surface area contributed by atoms with Crippen LogP contribution < -0.4 is 0 Å². The fourth-order valence-corrected chi connectivity index (χ4v) is 5.49. The number of furan rings is 2. The van der Waals surface area contributed by atoms with Crippen LogP contribution in [0.15, 0.2) is 58.3 Å². The standard InChI is InChI=1S/C14H26O4Si.C14H24O2Si/c1-14(2,3)19(4,5)18-13(9-11(16)10-15)12-7-6-8-17-12;1-7-9-13(12-10-8-11-15-12)16-17(5,6)14(2,3)4/h6-8,11,13,15-16H,9-10H2,1-5H3;7-8,10-11,13H,1,9H2,2-6H3. The summed E-state index contributed by atoms with van der Waals surface area (Å²) >= 11 is 0. The number of aliphatic hydroxyl groups excluding tert-OH is 2. The van der Waals surface area contributed by atoms with Gasteiger partial charge >= 0.3 is 0 Å². The van der Waals surface area contributed by atoms with Gasteiger partial charge in [0.2, 0.25) is 0 Å². The van der Waals surface area contributed by atoms with Crippen LogP contribution in [0.25, 0.3) is 0 Å². The van der Waals surface area contributed by atoms with Crippen LogP contribution in [0.5, 0.6) is 0 Å². The molecule has 6 nitrogen and oxygen atoms in total. The Bertz CT molecular complexity index is 861. The molecule has 3 atom stereocenters. The van der Waals surface area contributed by atoms with Crippen LogP contribution in [0.1, 0.15) is 78.1 Å². The Morgan fingerprint density at radius 2 is 1.28 bits per heavy atom. The minimum absolute atomic E-state index is 0.00314. The van der Waals surface area contributed by atoms with E-state index in [0.717, 1.165) is 12.2 Å². The third kappa shape index (κ3) is 9.80. The van der Waals surface area contributed by atoms with Gasteiger partial charge in [-0.1, -0.05) is 47.6 Å². The molecule has 3 unspecified atom stereocenters. The van der Waals surface area contributed by atoms with Crippen molar-refractivity contribution in [2.75, 3.05) is 6.61 Å². The minimum atomic E-state index is -1.96. The Balaban J connectivity index is 0.000000362. The van der Waals surface area contributed by atoms with E-state index in [0.29, 0.717) is 12.2 Å².